The zero-order valence-corrected chi connectivity index (χ0v) is 23.6. The van der Waals surface area contributed by atoms with E-state index in [1.165, 1.54) is 0 Å². The van der Waals surface area contributed by atoms with E-state index in [0.29, 0.717) is 18.5 Å². The van der Waals surface area contributed by atoms with Crippen LogP contribution in [-0.4, -0.2) is 47.1 Å². The number of hydrogen-bond acceptors (Lipinski definition) is 8. The Kier molecular flexibility index (Phi) is 6.40. The SMILES string of the molecule is CC(C)C(=O)OCC(=O)[C@@]12O[C@H](c3ccc(N)cc3)O[C@@H]1C[C@H]1[C@@H]3CCC4=CC(=O)C=C[C@]4(C)C3[C@@H](O)C[C@@]12C. The second-order valence-electron chi connectivity index (χ2n) is 13.1. The lowest BCUT2D eigenvalue weighted by Gasteiger charge is -2.59. The van der Waals surface area contributed by atoms with E-state index in [4.69, 9.17) is 19.9 Å². The molecule has 3 N–H and O–H groups in total. The van der Waals surface area contributed by atoms with Crippen LogP contribution in [0.5, 0.6) is 0 Å². The average Bonchev–Trinajstić information content (AvgIpc) is 3.40. The Hall–Kier alpha value is -2.81. The zero-order chi connectivity index (χ0) is 28.6. The van der Waals surface area contributed by atoms with Crippen molar-refractivity contribution in [2.24, 2.45) is 34.5 Å². The molecule has 1 aliphatic heterocycles. The molecule has 8 heteroatoms. The van der Waals surface area contributed by atoms with Crippen LogP contribution in [0.3, 0.4) is 0 Å². The molecule has 8 nitrogen and oxygen atoms in total. The van der Waals surface area contributed by atoms with Gasteiger partial charge in [-0.1, -0.05) is 51.5 Å². The number of nitrogen functional groups attached to an aromatic ring is 1. The van der Waals surface area contributed by atoms with Gasteiger partial charge in [-0.25, -0.2) is 0 Å². The third kappa shape index (κ3) is 3.79. The van der Waals surface area contributed by atoms with E-state index in [2.05, 4.69) is 6.92 Å². The molecule has 4 fully saturated rings. The van der Waals surface area contributed by atoms with E-state index in [9.17, 15) is 19.5 Å². The van der Waals surface area contributed by atoms with Crippen LogP contribution < -0.4 is 5.73 Å². The van der Waals surface area contributed by atoms with Gasteiger partial charge in [-0.15, -0.1) is 0 Å². The van der Waals surface area contributed by atoms with E-state index >= 15 is 0 Å². The van der Waals surface area contributed by atoms with Crippen LogP contribution in [0.4, 0.5) is 5.69 Å². The third-order valence-corrected chi connectivity index (χ3v) is 10.7. The molecule has 1 unspecified atom stereocenters. The summed E-state index contributed by atoms with van der Waals surface area (Å²) in [5.74, 6) is -1.10. The second-order valence-corrected chi connectivity index (χ2v) is 13.1. The first kappa shape index (κ1) is 27.4. The minimum absolute atomic E-state index is 0.00698. The monoisotopic (exact) mass is 549 g/mol. The Morgan fingerprint density at radius 2 is 1.93 bits per heavy atom. The van der Waals surface area contributed by atoms with Gasteiger partial charge >= 0.3 is 5.97 Å². The van der Waals surface area contributed by atoms with Gasteiger partial charge in [0.2, 0.25) is 5.78 Å². The van der Waals surface area contributed by atoms with Gasteiger partial charge in [-0.2, -0.15) is 0 Å². The lowest BCUT2D eigenvalue weighted by molar-refractivity contribution is -0.202. The Balaban J connectivity index is 1.38. The minimum Gasteiger partial charge on any atom is -0.457 e. The standard InChI is InChI=1S/C32H39NO7/c1-17(2)28(37)38-16-25(36)32-26(39-29(40-32)18-5-8-20(33)9-6-18)14-23-22-10-7-19-13-21(34)11-12-30(19,3)27(22)24(35)15-31(23,32)4/h5-6,8-9,11-13,17,22-24,26-27,29,35H,7,10,14-16,33H2,1-4H3/t22-,23-,24-,26+,27?,29+,30-,31-,32+/m0/s1. The Labute approximate surface area is 234 Å². The van der Waals surface area contributed by atoms with Crippen molar-refractivity contribution in [2.75, 3.05) is 12.3 Å². The zero-order valence-electron chi connectivity index (χ0n) is 23.6. The Bertz CT molecular complexity index is 1300. The molecular weight excluding hydrogens is 510 g/mol. The fourth-order valence-electron chi connectivity index (χ4n) is 8.78. The number of nitrogens with two attached hydrogens (primary N) is 1. The summed E-state index contributed by atoms with van der Waals surface area (Å²) >= 11 is 0. The van der Waals surface area contributed by atoms with Crippen LogP contribution in [-0.2, 0) is 28.6 Å². The second kappa shape index (κ2) is 9.36. The molecule has 0 radical (unpaired) electrons. The highest BCUT2D eigenvalue weighted by Gasteiger charge is 2.76. The van der Waals surface area contributed by atoms with Crippen molar-refractivity contribution in [3.05, 3.63) is 53.6 Å². The van der Waals surface area contributed by atoms with E-state index in [1.54, 1.807) is 38.1 Å². The molecule has 0 bridgehead atoms. The maximum Gasteiger partial charge on any atom is 0.308 e. The van der Waals surface area contributed by atoms with E-state index in [1.807, 2.05) is 25.1 Å². The van der Waals surface area contributed by atoms with Gasteiger partial charge in [-0.05, 0) is 61.8 Å². The summed E-state index contributed by atoms with van der Waals surface area (Å²) in [4.78, 5) is 38.7. The number of ketones is 2. The summed E-state index contributed by atoms with van der Waals surface area (Å²) in [5, 5.41) is 11.9. The minimum atomic E-state index is -1.39. The molecular formula is C32H39NO7. The number of allylic oxidation sites excluding steroid dienone is 4. The van der Waals surface area contributed by atoms with Crippen LogP contribution >= 0.6 is 0 Å². The van der Waals surface area contributed by atoms with Gasteiger partial charge in [0.25, 0.3) is 0 Å². The summed E-state index contributed by atoms with van der Waals surface area (Å²) in [6.45, 7) is 7.21. The molecule has 214 valence electrons. The lowest BCUT2D eigenvalue weighted by Crippen LogP contribution is -2.63. The first-order chi connectivity index (χ1) is 18.9. The van der Waals surface area contributed by atoms with Crippen molar-refractivity contribution in [3.63, 3.8) is 0 Å². The van der Waals surface area contributed by atoms with Crippen molar-refractivity contribution in [2.45, 2.75) is 77.5 Å². The van der Waals surface area contributed by atoms with E-state index in [0.717, 1.165) is 24.0 Å². The molecule has 40 heavy (non-hydrogen) atoms. The molecule has 0 aromatic heterocycles. The number of carbonyl (C=O) groups is 3. The van der Waals surface area contributed by atoms with Gasteiger partial charge < -0.3 is 25.1 Å². The molecule has 9 atom stereocenters. The number of Topliss-reactive ketones (excluding diaryl/α,β-unsaturated/α-hetero) is 1. The van der Waals surface area contributed by atoms with Gasteiger partial charge in [0.05, 0.1) is 18.1 Å². The topological polar surface area (TPSA) is 125 Å². The highest BCUT2D eigenvalue weighted by atomic mass is 16.7. The summed E-state index contributed by atoms with van der Waals surface area (Å²) in [7, 11) is 0. The molecule has 1 aromatic rings. The lowest BCUT2D eigenvalue weighted by atomic mass is 9.46. The largest absolute Gasteiger partial charge is 0.457 e. The molecule has 1 saturated heterocycles. The Morgan fingerprint density at radius 1 is 1.20 bits per heavy atom. The number of hydrogen-bond donors (Lipinski definition) is 2. The predicted octanol–water partition coefficient (Wildman–Crippen LogP) is 4.08. The van der Waals surface area contributed by atoms with Crippen molar-refractivity contribution >= 4 is 23.2 Å². The van der Waals surface area contributed by atoms with E-state index in [-0.39, 0.29) is 35.2 Å². The quantitative estimate of drug-likeness (QED) is 0.416. The van der Waals surface area contributed by atoms with Crippen LogP contribution in [0.1, 0.15) is 65.2 Å². The number of aliphatic hydroxyl groups is 1. The molecule has 4 aliphatic carbocycles. The number of aliphatic hydroxyl groups excluding tert-OH is 1. The molecule has 6 rings (SSSR count). The smallest absolute Gasteiger partial charge is 0.308 e. The summed E-state index contributed by atoms with van der Waals surface area (Å²) < 4.78 is 18.7. The fourth-order valence-corrected chi connectivity index (χ4v) is 8.78. The van der Waals surface area contributed by atoms with Crippen LogP contribution in [0.25, 0.3) is 0 Å². The predicted molar refractivity (Wildman–Crippen MR) is 146 cm³/mol. The first-order valence-corrected chi connectivity index (χ1v) is 14.4. The number of esters is 1. The van der Waals surface area contributed by atoms with Crippen molar-refractivity contribution in [3.8, 4) is 0 Å². The highest BCUT2D eigenvalue weighted by molar-refractivity contribution is 6.01. The maximum atomic E-state index is 14.2. The van der Waals surface area contributed by atoms with Crippen LogP contribution in [0.2, 0.25) is 0 Å². The van der Waals surface area contributed by atoms with Gasteiger partial charge in [0, 0.05) is 28.0 Å². The first-order valence-electron chi connectivity index (χ1n) is 14.4. The number of rotatable bonds is 5. The van der Waals surface area contributed by atoms with Crippen molar-refractivity contribution < 1.29 is 33.7 Å². The maximum absolute atomic E-state index is 14.2. The molecule has 1 heterocycles. The Morgan fingerprint density at radius 3 is 2.62 bits per heavy atom. The van der Waals surface area contributed by atoms with Crippen molar-refractivity contribution in [1.29, 1.82) is 0 Å². The number of fused-ring (bicyclic) bond motifs is 7. The van der Waals surface area contributed by atoms with Crippen LogP contribution in [0, 0.1) is 34.5 Å². The molecule has 1 aromatic carbocycles. The summed E-state index contributed by atoms with van der Waals surface area (Å²) in [5.41, 5.74) is 5.76. The number of anilines is 1. The van der Waals surface area contributed by atoms with Gasteiger partial charge in [0.15, 0.2) is 24.3 Å². The number of benzene rings is 1. The summed E-state index contributed by atoms with van der Waals surface area (Å²) in [6.07, 6.45) is 5.76. The molecule has 5 aliphatic rings. The van der Waals surface area contributed by atoms with Gasteiger partial charge in [-0.3, -0.25) is 14.4 Å². The fraction of sp³-hybridized carbons (Fsp3) is 0.594. The van der Waals surface area contributed by atoms with Crippen molar-refractivity contribution in [1.82, 2.24) is 0 Å². The van der Waals surface area contributed by atoms with Gasteiger partial charge in [0.1, 0.15) is 0 Å². The molecule has 0 spiro atoms. The van der Waals surface area contributed by atoms with E-state index < -0.39 is 47.5 Å². The summed E-state index contributed by atoms with van der Waals surface area (Å²) in [6, 6.07) is 7.20. The van der Waals surface area contributed by atoms with Crippen LogP contribution in [0.15, 0.2) is 48.1 Å². The molecule has 0 amide bonds. The average molecular weight is 550 g/mol. The highest BCUT2D eigenvalue weighted by Crippen LogP contribution is 2.70. The number of ether oxygens (including phenoxy) is 3. The normalized spacial score (nSPS) is 41.5. The number of carbonyl (C=O) groups excluding carboxylic acids is 3. The third-order valence-electron chi connectivity index (χ3n) is 10.7. The molecule has 3 saturated carbocycles.